The number of hydrogen-bond acceptors (Lipinski definition) is 8. The van der Waals surface area contributed by atoms with E-state index in [2.05, 4.69) is 21.3 Å². The summed E-state index contributed by atoms with van der Waals surface area (Å²) in [6.45, 7) is 4.90. The van der Waals surface area contributed by atoms with Crippen molar-refractivity contribution in [2.24, 2.45) is 0 Å². The highest BCUT2D eigenvalue weighted by molar-refractivity contribution is 6.07. The number of nitrogens with zero attached hydrogens (tertiary/aromatic N) is 3. The van der Waals surface area contributed by atoms with Crippen molar-refractivity contribution in [3.63, 3.8) is 0 Å². The van der Waals surface area contributed by atoms with Crippen LogP contribution in [0.15, 0.2) is 47.0 Å². The Hall–Kier alpha value is -4.26. The Labute approximate surface area is 213 Å². The zero-order chi connectivity index (χ0) is 25.9. The van der Waals surface area contributed by atoms with E-state index in [9.17, 15) is 14.9 Å². The molecule has 1 saturated heterocycles. The summed E-state index contributed by atoms with van der Waals surface area (Å²) in [6, 6.07) is 12.9. The average Bonchev–Trinajstić information content (AvgIpc) is 3.24. The summed E-state index contributed by atoms with van der Waals surface area (Å²) in [5, 5.41) is 13.7. The van der Waals surface area contributed by atoms with Crippen molar-refractivity contribution in [2.45, 2.75) is 13.3 Å². The number of furan rings is 1. The van der Waals surface area contributed by atoms with Crippen molar-refractivity contribution in [3.05, 3.63) is 65.0 Å². The summed E-state index contributed by atoms with van der Waals surface area (Å²) < 4.78 is 17.4. The minimum Gasteiger partial charge on any atom is -0.460 e. The molecule has 2 aromatic carbocycles. The highest BCUT2D eigenvalue weighted by atomic mass is 16.5. The third kappa shape index (κ3) is 5.03. The van der Waals surface area contributed by atoms with Gasteiger partial charge in [-0.2, -0.15) is 5.26 Å². The lowest BCUT2D eigenvalue weighted by molar-refractivity contribution is -0.120. The predicted molar refractivity (Wildman–Crippen MR) is 137 cm³/mol. The largest absolute Gasteiger partial charge is 0.460 e. The van der Waals surface area contributed by atoms with Gasteiger partial charge in [-0.05, 0) is 36.8 Å². The van der Waals surface area contributed by atoms with Gasteiger partial charge in [0.15, 0.2) is 11.5 Å². The molecule has 37 heavy (non-hydrogen) atoms. The molecule has 0 atom stereocenters. The zero-order valence-corrected chi connectivity index (χ0v) is 20.7. The highest BCUT2D eigenvalue weighted by Gasteiger charge is 2.19. The lowest BCUT2D eigenvalue weighted by atomic mass is 10.0. The molecule has 1 amide bonds. The summed E-state index contributed by atoms with van der Waals surface area (Å²) in [7, 11) is 1.57. The fourth-order valence-corrected chi connectivity index (χ4v) is 4.60. The van der Waals surface area contributed by atoms with Crippen molar-refractivity contribution < 1.29 is 23.5 Å². The van der Waals surface area contributed by atoms with Crippen molar-refractivity contribution in [1.82, 2.24) is 15.2 Å². The first-order valence-corrected chi connectivity index (χ1v) is 12.0. The molecule has 1 fully saturated rings. The standard InChI is InChI=1S/C28H26N4O5/c1-17-26(28(34)30-2)22-5-4-21(13-25(22)36-17)37-27-19(14-29)15-31-24-6-3-18(12-23(24)27)11-20(33)16-32-7-9-35-10-8-32/h3-6,12-13,15H,7-11,16H2,1-2H3,(H,30,34). The molecule has 5 rings (SSSR count). The van der Waals surface area contributed by atoms with E-state index in [1.165, 1.54) is 6.20 Å². The molecular weight excluding hydrogens is 472 g/mol. The van der Waals surface area contributed by atoms with E-state index < -0.39 is 0 Å². The first kappa shape index (κ1) is 24.4. The van der Waals surface area contributed by atoms with Gasteiger partial charge in [0.25, 0.3) is 5.91 Å². The third-order valence-electron chi connectivity index (χ3n) is 6.42. The number of carbonyl (C=O) groups is 2. The van der Waals surface area contributed by atoms with Crippen LogP contribution in [0.4, 0.5) is 0 Å². The molecule has 188 valence electrons. The van der Waals surface area contributed by atoms with Crippen LogP contribution in [0.5, 0.6) is 11.5 Å². The smallest absolute Gasteiger partial charge is 0.255 e. The number of nitrogens with one attached hydrogen (secondary N) is 1. The Bertz CT molecular complexity index is 1550. The SMILES string of the molecule is CNC(=O)c1c(C)oc2cc(Oc3c(C#N)cnc4ccc(CC(=O)CN5CCOCC5)cc34)ccc12. The monoisotopic (exact) mass is 498 g/mol. The second kappa shape index (κ2) is 10.4. The van der Waals surface area contributed by atoms with Gasteiger partial charge in [0, 0.05) is 49.6 Å². The van der Waals surface area contributed by atoms with Gasteiger partial charge in [-0.15, -0.1) is 0 Å². The van der Waals surface area contributed by atoms with Gasteiger partial charge in [-0.25, -0.2) is 0 Å². The Morgan fingerprint density at radius 2 is 1.97 bits per heavy atom. The lowest BCUT2D eigenvalue weighted by Gasteiger charge is -2.25. The number of fused-ring (bicyclic) bond motifs is 2. The quantitative estimate of drug-likeness (QED) is 0.409. The fraction of sp³-hybridized carbons (Fsp3) is 0.286. The summed E-state index contributed by atoms with van der Waals surface area (Å²) in [6.07, 6.45) is 1.74. The molecular formula is C28H26N4O5. The summed E-state index contributed by atoms with van der Waals surface area (Å²) in [5.74, 6) is 1.18. The molecule has 0 saturated carbocycles. The maximum atomic E-state index is 12.7. The molecule has 4 aromatic rings. The zero-order valence-electron chi connectivity index (χ0n) is 20.7. The first-order valence-electron chi connectivity index (χ1n) is 12.0. The molecule has 0 radical (unpaired) electrons. The van der Waals surface area contributed by atoms with E-state index in [0.717, 1.165) is 18.7 Å². The van der Waals surface area contributed by atoms with Crippen molar-refractivity contribution in [1.29, 1.82) is 5.26 Å². The minimum absolute atomic E-state index is 0.110. The molecule has 0 bridgehead atoms. The number of aryl methyl sites for hydroxylation is 1. The summed E-state index contributed by atoms with van der Waals surface area (Å²) in [4.78, 5) is 31.5. The van der Waals surface area contributed by atoms with Crippen LogP contribution in [-0.4, -0.2) is 61.5 Å². The minimum atomic E-state index is -0.229. The van der Waals surface area contributed by atoms with E-state index in [0.29, 0.717) is 64.5 Å². The van der Waals surface area contributed by atoms with Crippen LogP contribution in [0.1, 0.15) is 27.2 Å². The molecule has 2 aromatic heterocycles. The first-order chi connectivity index (χ1) is 18.0. The Kier molecular flexibility index (Phi) is 6.86. The fourth-order valence-electron chi connectivity index (χ4n) is 4.60. The number of Topliss-reactive ketones (excluding diaryl/α,β-unsaturated/α-hetero) is 1. The summed E-state index contributed by atoms with van der Waals surface area (Å²) >= 11 is 0. The number of nitriles is 1. The molecule has 3 heterocycles. The van der Waals surface area contributed by atoms with Crippen LogP contribution in [0.25, 0.3) is 21.9 Å². The molecule has 9 nitrogen and oxygen atoms in total. The van der Waals surface area contributed by atoms with E-state index in [1.807, 2.05) is 18.2 Å². The summed E-state index contributed by atoms with van der Waals surface area (Å²) in [5.41, 5.74) is 2.71. The lowest BCUT2D eigenvalue weighted by Crippen LogP contribution is -2.39. The number of amides is 1. The number of pyridine rings is 1. The van der Waals surface area contributed by atoms with Crippen LogP contribution in [0, 0.1) is 18.3 Å². The van der Waals surface area contributed by atoms with Gasteiger partial charge in [0.05, 0.1) is 30.8 Å². The molecule has 1 aliphatic rings. The number of hydrogen-bond donors (Lipinski definition) is 1. The average molecular weight is 499 g/mol. The second-order valence-electron chi connectivity index (χ2n) is 8.94. The van der Waals surface area contributed by atoms with Gasteiger partial charge in [-0.1, -0.05) is 6.07 Å². The molecule has 0 unspecified atom stereocenters. The molecule has 0 aliphatic carbocycles. The normalized spacial score (nSPS) is 14.0. The number of rotatable bonds is 7. The predicted octanol–water partition coefficient (Wildman–Crippen LogP) is 3.76. The van der Waals surface area contributed by atoms with Crippen LogP contribution < -0.4 is 10.1 Å². The van der Waals surface area contributed by atoms with Crippen molar-refractivity contribution in [2.75, 3.05) is 39.9 Å². The number of morpholine rings is 1. The van der Waals surface area contributed by atoms with E-state index >= 15 is 0 Å². The van der Waals surface area contributed by atoms with Gasteiger partial charge >= 0.3 is 0 Å². The van der Waals surface area contributed by atoms with Crippen LogP contribution >= 0.6 is 0 Å². The number of carbonyl (C=O) groups excluding carboxylic acids is 2. The van der Waals surface area contributed by atoms with Gasteiger partial charge in [0.2, 0.25) is 0 Å². The number of ketones is 1. The number of aromatic nitrogens is 1. The maximum absolute atomic E-state index is 12.7. The highest BCUT2D eigenvalue weighted by Crippen LogP contribution is 2.35. The molecule has 9 heteroatoms. The van der Waals surface area contributed by atoms with Gasteiger partial charge in [-0.3, -0.25) is 19.5 Å². The van der Waals surface area contributed by atoms with E-state index in [-0.39, 0.29) is 23.7 Å². The van der Waals surface area contributed by atoms with E-state index in [4.69, 9.17) is 13.9 Å². The third-order valence-corrected chi connectivity index (χ3v) is 6.42. The van der Waals surface area contributed by atoms with Crippen molar-refractivity contribution in [3.8, 4) is 17.6 Å². The van der Waals surface area contributed by atoms with Crippen LogP contribution in [0.2, 0.25) is 0 Å². The van der Waals surface area contributed by atoms with Gasteiger partial charge in [0.1, 0.15) is 28.7 Å². The van der Waals surface area contributed by atoms with Crippen LogP contribution in [-0.2, 0) is 16.0 Å². The second-order valence-corrected chi connectivity index (χ2v) is 8.94. The van der Waals surface area contributed by atoms with Crippen LogP contribution in [0.3, 0.4) is 0 Å². The Morgan fingerprint density at radius 3 is 2.73 bits per heavy atom. The molecule has 0 spiro atoms. The Morgan fingerprint density at radius 1 is 1.16 bits per heavy atom. The molecule has 1 N–H and O–H groups in total. The number of benzene rings is 2. The molecule has 1 aliphatic heterocycles. The number of ether oxygens (including phenoxy) is 2. The maximum Gasteiger partial charge on any atom is 0.255 e. The van der Waals surface area contributed by atoms with Crippen molar-refractivity contribution >= 4 is 33.6 Å². The Balaban J connectivity index is 1.46. The van der Waals surface area contributed by atoms with Gasteiger partial charge < -0.3 is 19.2 Å². The van der Waals surface area contributed by atoms with E-state index in [1.54, 1.807) is 32.2 Å². The topological polar surface area (TPSA) is 118 Å².